The highest BCUT2D eigenvalue weighted by atomic mass is 19.1. The van der Waals surface area contributed by atoms with E-state index in [1.807, 2.05) is 74.5 Å². The number of nitrogens with zero attached hydrogens (tertiary/aromatic N) is 4. The van der Waals surface area contributed by atoms with Gasteiger partial charge < -0.3 is 19.7 Å². The number of para-hydroxylation sites is 1. The van der Waals surface area contributed by atoms with E-state index >= 15 is 0 Å². The van der Waals surface area contributed by atoms with Crippen molar-refractivity contribution in [2.45, 2.75) is 34.1 Å². The Kier molecular flexibility index (Phi) is 10.2. The Balaban J connectivity index is 1.38. The normalized spacial score (nSPS) is 11.1. The van der Waals surface area contributed by atoms with Crippen molar-refractivity contribution < 1.29 is 18.7 Å². The van der Waals surface area contributed by atoms with E-state index in [9.17, 15) is 9.18 Å². The first-order valence-corrected chi connectivity index (χ1v) is 15.2. The first-order chi connectivity index (χ1) is 21.9. The van der Waals surface area contributed by atoms with Crippen molar-refractivity contribution in [1.82, 2.24) is 14.9 Å². The number of amides is 1. The summed E-state index contributed by atoms with van der Waals surface area (Å²) in [5.41, 5.74) is 2.69. The third-order valence-corrected chi connectivity index (χ3v) is 7.60. The monoisotopic (exact) mass is 607 g/mol. The van der Waals surface area contributed by atoms with Gasteiger partial charge in [0.1, 0.15) is 11.6 Å². The number of hydrogen-bond acceptors (Lipinski definition) is 7. The molecule has 8 nitrogen and oxygen atoms in total. The van der Waals surface area contributed by atoms with Crippen molar-refractivity contribution in [2.75, 3.05) is 36.5 Å². The summed E-state index contributed by atoms with van der Waals surface area (Å²) in [6.45, 7) is 11.3. The number of halogens is 1. The zero-order chi connectivity index (χ0) is 31.8. The minimum absolute atomic E-state index is 0.186. The second kappa shape index (κ2) is 14.6. The quantitative estimate of drug-likeness (QED) is 0.142. The van der Waals surface area contributed by atoms with Gasteiger partial charge in [0.25, 0.3) is 0 Å². The SMILES string of the molecule is CCN(CC)CCCOc1ccc(Nc2nccc(N(C(=O)Oc3c(C)cccc3C)c3ccc4ccccc4c3)n2)cc1F. The van der Waals surface area contributed by atoms with Crippen LogP contribution in [-0.2, 0) is 0 Å². The molecule has 4 aromatic carbocycles. The van der Waals surface area contributed by atoms with Crippen LogP contribution in [0.1, 0.15) is 31.4 Å². The molecule has 1 amide bonds. The third-order valence-electron chi connectivity index (χ3n) is 7.60. The maximum atomic E-state index is 14.9. The smallest absolute Gasteiger partial charge is 0.425 e. The molecule has 0 aliphatic rings. The Bertz CT molecular complexity index is 1760. The lowest BCUT2D eigenvalue weighted by molar-refractivity contribution is 0.209. The standard InChI is InChI=1S/C36H38FN5O3/c1-5-41(6-2)21-10-22-44-32-18-16-29(24-31(32)37)39-35-38-20-19-33(40-35)42(30-17-15-27-13-7-8-14-28(27)23-30)36(43)45-34-25(3)11-9-12-26(34)4/h7-9,11-20,23-24H,5-6,10,21-22H2,1-4H3,(H,38,39,40). The highest BCUT2D eigenvalue weighted by molar-refractivity contribution is 5.99. The summed E-state index contributed by atoms with van der Waals surface area (Å²) in [5, 5.41) is 5.04. The number of anilines is 4. The molecule has 9 heteroatoms. The van der Waals surface area contributed by atoms with E-state index in [2.05, 4.69) is 34.0 Å². The van der Waals surface area contributed by atoms with Gasteiger partial charge in [0.15, 0.2) is 11.6 Å². The number of hydrogen-bond donors (Lipinski definition) is 1. The van der Waals surface area contributed by atoms with Crippen LogP contribution < -0.4 is 19.7 Å². The lowest BCUT2D eigenvalue weighted by atomic mass is 10.1. The average molecular weight is 608 g/mol. The van der Waals surface area contributed by atoms with Gasteiger partial charge in [-0.3, -0.25) is 0 Å². The molecule has 0 saturated carbocycles. The number of nitrogens with one attached hydrogen (secondary N) is 1. The van der Waals surface area contributed by atoms with Crippen molar-refractivity contribution in [1.29, 1.82) is 0 Å². The minimum Gasteiger partial charge on any atom is -0.490 e. The van der Waals surface area contributed by atoms with Crippen LogP contribution in [0.25, 0.3) is 10.8 Å². The first-order valence-electron chi connectivity index (χ1n) is 15.2. The fourth-order valence-corrected chi connectivity index (χ4v) is 5.11. The van der Waals surface area contributed by atoms with Gasteiger partial charge in [-0.1, -0.05) is 62.4 Å². The minimum atomic E-state index is -0.624. The van der Waals surface area contributed by atoms with Gasteiger partial charge in [0.05, 0.1) is 12.3 Å². The lowest BCUT2D eigenvalue weighted by Crippen LogP contribution is -2.30. The zero-order valence-electron chi connectivity index (χ0n) is 26.1. The van der Waals surface area contributed by atoms with Gasteiger partial charge in [-0.05, 0) is 79.5 Å². The second-order valence-electron chi connectivity index (χ2n) is 10.7. The van der Waals surface area contributed by atoms with Gasteiger partial charge in [0, 0.05) is 30.6 Å². The molecule has 0 aliphatic carbocycles. The number of aromatic nitrogens is 2. The van der Waals surface area contributed by atoms with Crippen LogP contribution in [-0.4, -0.2) is 47.2 Å². The number of benzene rings is 4. The predicted molar refractivity (Wildman–Crippen MR) is 178 cm³/mol. The molecule has 0 aliphatic heterocycles. The van der Waals surface area contributed by atoms with Crippen molar-refractivity contribution in [2.24, 2.45) is 0 Å². The maximum Gasteiger partial charge on any atom is 0.425 e. The van der Waals surface area contributed by atoms with Crippen molar-refractivity contribution in [3.05, 3.63) is 108 Å². The Morgan fingerprint density at radius 3 is 2.38 bits per heavy atom. The van der Waals surface area contributed by atoms with Crippen LogP contribution >= 0.6 is 0 Å². The van der Waals surface area contributed by atoms with E-state index in [1.54, 1.807) is 18.2 Å². The average Bonchev–Trinajstić information content (AvgIpc) is 3.04. The maximum absolute atomic E-state index is 14.9. The van der Waals surface area contributed by atoms with E-state index in [0.717, 1.165) is 48.0 Å². The number of carbonyl (C=O) groups excluding carboxylic acids is 1. The number of rotatable bonds is 12. The lowest BCUT2D eigenvalue weighted by Gasteiger charge is -2.23. The van der Waals surface area contributed by atoms with E-state index in [4.69, 9.17) is 9.47 Å². The molecule has 0 fully saturated rings. The third kappa shape index (κ3) is 7.74. The predicted octanol–water partition coefficient (Wildman–Crippen LogP) is 8.58. The van der Waals surface area contributed by atoms with E-state index in [-0.39, 0.29) is 17.5 Å². The Morgan fingerprint density at radius 1 is 0.889 bits per heavy atom. The molecule has 0 radical (unpaired) electrons. The summed E-state index contributed by atoms with van der Waals surface area (Å²) in [6.07, 6.45) is 1.72. The van der Waals surface area contributed by atoms with Crippen LogP contribution in [0.15, 0.2) is 91.1 Å². The molecule has 0 bridgehead atoms. The van der Waals surface area contributed by atoms with Crippen LogP contribution in [0.2, 0.25) is 0 Å². The molecule has 5 aromatic rings. The Hall–Kier alpha value is -5.02. The topological polar surface area (TPSA) is 79.8 Å². The first kappa shape index (κ1) is 31.4. The van der Waals surface area contributed by atoms with Crippen LogP contribution in [0.5, 0.6) is 11.5 Å². The van der Waals surface area contributed by atoms with E-state index in [1.165, 1.54) is 17.2 Å². The highest BCUT2D eigenvalue weighted by Gasteiger charge is 2.24. The molecular formula is C36H38FN5O3. The fraction of sp³-hybridized carbons (Fsp3) is 0.250. The number of fused-ring (bicyclic) bond motifs is 1. The van der Waals surface area contributed by atoms with Gasteiger partial charge >= 0.3 is 6.09 Å². The molecule has 1 aromatic heterocycles. The summed E-state index contributed by atoms with van der Waals surface area (Å²) in [6, 6.07) is 25.6. The molecule has 1 N–H and O–H groups in total. The number of carbonyl (C=O) groups is 1. The van der Waals surface area contributed by atoms with E-state index < -0.39 is 11.9 Å². The van der Waals surface area contributed by atoms with Crippen molar-refractivity contribution >= 4 is 40.0 Å². The number of aryl methyl sites for hydroxylation is 2. The fourth-order valence-electron chi connectivity index (χ4n) is 5.11. The summed E-state index contributed by atoms with van der Waals surface area (Å²) in [7, 11) is 0. The van der Waals surface area contributed by atoms with Gasteiger partial charge in [0.2, 0.25) is 5.95 Å². The zero-order valence-corrected chi connectivity index (χ0v) is 26.1. The summed E-state index contributed by atoms with van der Waals surface area (Å²) >= 11 is 0. The van der Waals surface area contributed by atoms with Crippen LogP contribution in [0, 0.1) is 19.7 Å². The molecule has 5 rings (SSSR count). The van der Waals surface area contributed by atoms with Gasteiger partial charge in [-0.2, -0.15) is 4.98 Å². The van der Waals surface area contributed by atoms with E-state index in [0.29, 0.717) is 23.7 Å². The molecule has 45 heavy (non-hydrogen) atoms. The molecule has 0 spiro atoms. The number of ether oxygens (including phenoxy) is 2. The molecule has 0 unspecified atom stereocenters. The van der Waals surface area contributed by atoms with Crippen molar-refractivity contribution in [3.63, 3.8) is 0 Å². The largest absolute Gasteiger partial charge is 0.490 e. The Labute approximate surface area is 263 Å². The highest BCUT2D eigenvalue weighted by Crippen LogP contribution is 2.31. The van der Waals surface area contributed by atoms with Gasteiger partial charge in [-0.25, -0.2) is 19.1 Å². The van der Waals surface area contributed by atoms with Crippen LogP contribution in [0.4, 0.5) is 32.3 Å². The molecule has 232 valence electrons. The summed E-state index contributed by atoms with van der Waals surface area (Å²) in [5.74, 6) is 0.657. The molecule has 1 heterocycles. The van der Waals surface area contributed by atoms with Crippen molar-refractivity contribution in [3.8, 4) is 11.5 Å². The van der Waals surface area contributed by atoms with Gasteiger partial charge in [-0.15, -0.1) is 0 Å². The molecular weight excluding hydrogens is 569 g/mol. The molecule has 0 saturated heterocycles. The molecule has 0 atom stereocenters. The van der Waals surface area contributed by atoms with Crippen LogP contribution in [0.3, 0.4) is 0 Å². The summed E-state index contributed by atoms with van der Waals surface area (Å²) in [4.78, 5) is 26.5. The Morgan fingerprint density at radius 2 is 1.64 bits per heavy atom. The second-order valence-corrected chi connectivity index (χ2v) is 10.7. The summed E-state index contributed by atoms with van der Waals surface area (Å²) < 4.78 is 26.6.